The summed E-state index contributed by atoms with van der Waals surface area (Å²) in [5, 5.41) is 4.97. The Morgan fingerprint density at radius 1 is 1.22 bits per heavy atom. The van der Waals surface area contributed by atoms with E-state index in [-0.39, 0.29) is 19.0 Å². The van der Waals surface area contributed by atoms with Crippen LogP contribution in [0.5, 0.6) is 0 Å². The van der Waals surface area contributed by atoms with E-state index in [1.54, 1.807) is 18.2 Å². The molecule has 3 amide bonds. The maximum Gasteiger partial charge on any atom is 0.328 e. The fourth-order valence-electron chi connectivity index (χ4n) is 2.91. The zero-order valence-corrected chi connectivity index (χ0v) is 15.2. The van der Waals surface area contributed by atoms with Crippen LogP contribution in [-0.4, -0.2) is 61.4 Å². The molecule has 4 N–H and O–H groups in total. The molecule has 27 heavy (non-hydrogen) atoms. The summed E-state index contributed by atoms with van der Waals surface area (Å²) in [5.74, 6) is -1.60. The highest BCUT2D eigenvalue weighted by atomic mass is 16.5. The number of nitrogens with one attached hydrogen (secondary N) is 2. The van der Waals surface area contributed by atoms with Crippen LogP contribution in [0.4, 0.5) is 5.69 Å². The molecule has 0 radical (unpaired) electrons. The van der Waals surface area contributed by atoms with Gasteiger partial charge in [0.05, 0.1) is 20.2 Å². The van der Waals surface area contributed by atoms with Crippen LogP contribution in [0.3, 0.4) is 0 Å². The van der Waals surface area contributed by atoms with Crippen LogP contribution in [0.15, 0.2) is 24.3 Å². The summed E-state index contributed by atoms with van der Waals surface area (Å²) in [5.41, 5.74) is 5.93. The number of piperidine rings is 1. The van der Waals surface area contributed by atoms with Gasteiger partial charge in [0.2, 0.25) is 11.8 Å². The molecule has 146 valence electrons. The van der Waals surface area contributed by atoms with Gasteiger partial charge in [-0.3, -0.25) is 14.4 Å². The number of anilines is 1. The third-order valence-corrected chi connectivity index (χ3v) is 4.26. The Balaban J connectivity index is 2.07. The molecule has 0 spiro atoms. The molecule has 1 aliphatic rings. The summed E-state index contributed by atoms with van der Waals surface area (Å²) in [6, 6.07) is 5.83. The minimum absolute atomic E-state index is 0.200. The Hall–Kier alpha value is -2.94. The van der Waals surface area contributed by atoms with Crippen molar-refractivity contribution < 1.29 is 23.9 Å². The first kappa shape index (κ1) is 20.4. The number of nitrogens with zero attached hydrogens (tertiary/aromatic N) is 1. The van der Waals surface area contributed by atoms with Crippen LogP contribution in [0.25, 0.3) is 0 Å². The number of nitrogens with two attached hydrogens (primary N) is 1. The first-order chi connectivity index (χ1) is 13.0. The van der Waals surface area contributed by atoms with Crippen molar-refractivity contribution in [3.63, 3.8) is 0 Å². The van der Waals surface area contributed by atoms with Crippen molar-refractivity contribution in [2.75, 3.05) is 32.1 Å². The molecule has 1 unspecified atom stereocenters. The van der Waals surface area contributed by atoms with Crippen LogP contribution in [0.2, 0.25) is 0 Å². The number of carbonyl (C=O) groups is 4. The van der Waals surface area contributed by atoms with Crippen molar-refractivity contribution >= 4 is 29.4 Å². The van der Waals surface area contributed by atoms with E-state index >= 15 is 0 Å². The topological polar surface area (TPSA) is 131 Å². The molecule has 1 saturated heterocycles. The molecular formula is C18H24N4O5. The Morgan fingerprint density at radius 2 is 2.00 bits per heavy atom. The molecule has 0 saturated carbocycles. The molecule has 0 aromatic heterocycles. The quantitative estimate of drug-likeness (QED) is 0.593. The first-order valence-electron chi connectivity index (χ1n) is 8.71. The number of hydrogen-bond donors (Lipinski definition) is 3. The van der Waals surface area contributed by atoms with Crippen LogP contribution in [0, 0.1) is 0 Å². The second-order valence-electron chi connectivity index (χ2n) is 6.14. The van der Waals surface area contributed by atoms with Gasteiger partial charge in [-0.15, -0.1) is 0 Å². The van der Waals surface area contributed by atoms with Gasteiger partial charge in [-0.05, 0) is 37.5 Å². The first-order valence-corrected chi connectivity index (χ1v) is 8.71. The number of methoxy groups -OCH3 is 1. The monoisotopic (exact) mass is 376 g/mol. The van der Waals surface area contributed by atoms with E-state index < -0.39 is 23.8 Å². The Labute approximate surface area is 157 Å². The lowest BCUT2D eigenvalue weighted by molar-refractivity contribution is -0.147. The Kier molecular flexibility index (Phi) is 7.30. The molecule has 1 aromatic rings. The lowest BCUT2D eigenvalue weighted by Gasteiger charge is -2.33. The van der Waals surface area contributed by atoms with Crippen molar-refractivity contribution in [3.8, 4) is 0 Å². The second-order valence-corrected chi connectivity index (χ2v) is 6.14. The van der Waals surface area contributed by atoms with E-state index in [0.29, 0.717) is 24.2 Å². The zero-order valence-electron chi connectivity index (χ0n) is 15.2. The second kappa shape index (κ2) is 9.67. The molecule has 9 heteroatoms. The smallest absolute Gasteiger partial charge is 0.328 e. The number of amides is 3. The molecule has 0 aliphatic carbocycles. The van der Waals surface area contributed by atoms with Crippen molar-refractivity contribution in [3.05, 3.63) is 29.8 Å². The average molecular weight is 376 g/mol. The molecule has 1 heterocycles. The minimum Gasteiger partial charge on any atom is -0.467 e. The third-order valence-electron chi connectivity index (χ3n) is 4.26. The van der Waals surface area contributed by atoms with E-state index in [1.165, 1.54) is 18.1 Å². The van der Waals surface area contributed by atoms with Gasteiger partial charge in [-0.1, -0.05) is 6.07 Å². The van der Waals surface area contributed by atoms with Crippen molar-refractivity contribution in [1.82, 2.24) is 10.2 Å². The molecule has 9 nitrogen and oxygen atoms in total. The summed E-state index contributed by atoms with van der Waals surface area (Å²) in [7, 11) is 1.30. The normalized spacial score (nSPS) is 16.4. The van der Waals surface area contributed by atoms with Crippen LogP contribution >= 0.6 is 0 Å². The van der Waals surface area contributed by atoms with Gasteiger partial charge in [0.1, 0.15) is 6.04 Å². The van der Waals surface area contributed by atoms with Gasteiger partial charge in [0.25, 0.3) is 5.91 Å². The van der Waals surface area contributed by atoms with Gasteiger partial charge in [0.15, 0.2) is 0 Å². The Morgan fingerprint density at radius 3 is 2.70 bits per heavy atom. The summed E-state index contributed by atoms with van der Waals surface area (Å²) in [4.78, 5) is 49.3. The summed E-state index contributed by atoms with van der Waals surface area (Å²) < 4.78 is 4.80. The standard InChI is InChI=1S/C18H24N4O5/c1-27-18(26)14-7-2-3-8-22(14)17(25)12-5-4-6-13(9-12)21-16(24)11-20-15(23)10-19/h4-6,9,14H,2-3,7-8,10-11,19H2,1H3,(H,20,23)(H,21,24). The van der Waals surface area contributed by atoms with E-state index in [9.17, 15) is 19.2 Å². The van der Waals surface area contributed by atoms with Crippen LogP contribution in [0.1, 0.15) is 29.6 Å². The van der Waals surface area contributed by atoms with Crippen molar-refractivity contribution in [2.24, 2.45) is 5.73 Å². The van der Waals surface area contributed by atoms with E-state index in [0.717, 1.165) is 12.8 Å². The molecular weight excluding hydrogens is 352 g/mol. The Bertz CT molecular complexity index is 721. The number of rotatable bonds is 6. The number of carbonyl (C=O) groups excluding carboxylic acids is 4. The van der Waals surface area contributed by atoms with Crippen LogP contribution in [-0.2, 0) is 19.1 Å². The largest absolute Gasteiger partial charge is 0.467 e. The van der Waals surface area contributed by atoms with Crippen molar-refractivity contribution in [2.45, 2.75) is 25.3 Å². The van der Waals surface area contributed by atoms with Crippen LogP contribution < -0.4 is 16.4 Å². The van der Waals surface area contributed by atoms with E-state index in [1.807, 2.05) is 0 Å². The predicted octanol–water partition coefficient (Wildman–Crippen LogP) is -0.132. The predicted molar refractivity (Wildman–Crippen MR) is 97.8 cm³/mol. The summed E-state index contributed by atoms with van der Waals surface area (Å²) in [6.45, 7) is 0.0551. The fourth-order valence-corrected chi connectivity index (χ4v) is 2.91. The highest BCUT2D eigenvalue weighted by Crippen LogP contribution is 2.22. The maximum atomic E-state index is 12.9. The fraction of sp³-hybridized carbons (Fsp3) is 0.444. The molecule has 1 atom stereocenters. The van der Waals surface area contributed by atoms with Gasteiger partial charge in [-0.25, -0.2) is 4.79 Å². The summed E-state index contributed by atoms with van der Waals surface area (Å²) in [6.07, 6.45) is 2.24. The molecule has 1 fully saturated rings. The van der Waals surface area contributed by atoms with Crippen molar-refractivity contribution in [1.29, 1.82) is 0 Å². The molecule has 0 bridgehead atoms. The number of benzene rings is 1. The number of esters is 1. The average Bonchev–Trinajstić information content (AvgIpc) is 2.71. The number of ether oxygens (including phenoxy) is 1. The van der Waals surface area contributed by atoms with E-state index in [4.69, 9.17) is 10.5 Å². The third kappa shape index (κ3) is 5.52. The highest BCUT2D eigenvalue weighted by Gasteiger charge is 2.33. The van der Waals surface area contributed by atoms with Gasteiger partial charge < -0.3 is 26.0 Å². The minimum atomic E-state index is -0.596. The maximum absolute atomic E-state index is 12.9. The highest BCUT2D eigenvalue weighted by molar-refractivity contribution is 5.99. The van der Waals surface area contributed by atoms with Gasteiger partial charge >= 0.3 is 5.97 Å². The molecule has 1 aromatic carbocycles. The van der Waals surface area contributed by atoms with E-state index in [2.05, 4.69) is 10.6 Å². The molecule has 2 rings (SSSR count). The van der Waals surface area contributed by atoms with Gasteiger partial charge in [-0.2, -0.15) is 0 Å². The number of likely N-dealkylation sites (tertiary alicyclic amines) is 1. The lowest BCUT2D eigenvalue weighted by atomic mass is 10.0. The van der Waals surface area contributed by atoms with Gasteiger partial charge in [0, 0.05) is 17.8 Å². The lowest BCUT2D eigenvalue weighted by Crippen LogP contribution is -2.48. The summed E-state index contributed by atoms with van der Waals surface area (Å²) >= 11 is 0. The zero-order chi connectivity index (χ0) is 19.8. The number of hydrogen-bond acceptors (Lipinski definition) is 6. The molecule has 1 aliphatic heterocycles. The SMILES string of the molecule is COC(=O)C1CCCCN1C(=O)c1cccc(NC(=O)CNC(=O)CN)c1.